The zero-order valence-electron chi connectivity index (χ0n) is 25.5. The largest absolute Gasteiger partial charge is 0.573 e. The van der Waals surface area contributed by atoms with Crippen molar-refractivity contribution in [2.75, 3.05) is 23.7 Å². The summed E-state index contributed by atoms with van der Waals surface area (Å²) in [5, 5.41) is 18.6. The zero-order chi connectivity index (χ0) is 32.4. The number of unbranched alkanes of at least 4 members (excludes halogenated alkanes) is 1. The van der Waals surface area contributed by atoms with Crippen LogP contribution in [0.15, 0.2) is 66.9 Å². The molecule has 3 N–H and O–H groups in total. The summed E-state index contributed by atoms with van der Waals surface area (Å²) in [6, 6.07) is 17.2. The van der Waals surface area contributed by atoms with Gasteiger partial charge in [-0.15, -0.1) is 35.8 Å². The van der Waals surface area contributed by atoms with E-state index in [1.807, 2.05) is 18.2 Å². The van der Waals surface area contributed by atoms with Crippen LogP contribution < -0.4 is 20.7 Å². The van der Waals surface area contributed by atoms with Crippen molar-refractivity contribution in [2.45, 2.75) is 63.6 Å². The number of halogens is 4. The molecular weight excluding hydrogens is 653 g/mol. The summed E-state index contributed by atoms with van der Waals surface area (Å²) < 4.78 is 41.2. The Balaban J connectivity index is 0.00000500. The van der Waals surface area contributed by atoms with E-state index in [9.17, 15) is 22.8 Å². The van der Waals surface area contributed by atoms with E-state index in [2.05, 4.69) is 48.0 Å². The number of carbonyl (C=O) groups excluding carboxylic acids is 2. The molecule has 9 nitrogen and oxygen atoms in total. The van der Waals surface area contributed by atoms with E-state index >= 15 is 0 Å². The number of pyridine rings is 1. The van der Waals surface area contributed by atoms with Crippen LogP contribution in [0.1, 0.15) is 58.9 Å². The van der Waals surface area contributed by atoms with Crippen molar-refractivity contribution in [1.82, 2.24) is 20.5 Å². The second-order valence-electron chi connectivity index (χ2n) is 11.2. The zero-order valence-corrected chi connectivity index (χ0v) is 27.1. The highest BCUT2D eigenvalue weighted by Crippen LogP contribution is 2.26. The van der Waals surface area contributed by atoms with Gasteiger partial charge in [0.25, 0.3) is 0 Å². The average molecular weight is 689 g/mol. The standard InChI is InChI=1S/C33H35F3N6O3S.ClH/c34-33(35,36)45-27-9-4-7-24(18-27)20-29(43)39-28-12-11-22(21-38-28)5-1-2-10-31-41-42-32(46-31)40-30(44)19-23-6-3-8-26(17-23)25-13-15-37-16-14-25;/h3-4,6-9,11-12,17-18,21,25,37H,1-2,5,10,13-16,19-20H2,(H,38,39,43)(H,40,42,44);1H. The molecule has 1 saturated heterocycles. The van der Waals surface area contributed by atoms with Gasteiger partial charge in [0.05, 0.1) is 12.8 Å². The molecule has 1 aliphatic rings. The molecule has 0 atom stereocenters. The van der Waals surface area contributed by atoms with Crippen LogP contribution in [0.2, 0.25) is 0 Å². The molecule has 0 bridgehead atoms. The summed E-state index contributed by atoms with van der Waals surface area (Å²) >= 11 is 1.38. The number of carbonyl (C=O) groups is 2. The van der Waals surface area contributed by atoms with Crippen LogP contribution in [-0.2, 0) is 35.3 Å². The number of hydrogen-bond donors (Lipinski definition) is 3. The van der Waals surface area contributed by atoms with Crippen LogP contribution in [0.5, 0.6) is 5.75 Å². The molecule has 4 aromatic rings. The molecule has 1 fully saturated rings. The third-order valence-corrected chi connectivity index (χ3v) is 8.43. The smallest absolute Gasteiger partial charge is 0.406 e. The lowest BCUT2D eigenvalue weighted by molar-refractivity contribution is -0.274. The van der Waals surface area contributed by atoms with Gasteiger partial charge >= 0.3 is 6.36 Å². The fraction of sp³-hybridized carbons (Fsp3) is 0.364. The minimum absolute atomic E-state index is 0. The van der Waals surface area contributed by atoms with E-state index in [1.165, 1.54) is 35.1 Å². The summed E-state index contributed by atoms with van der Waals surface area (Å²) in [7, 11) is 0. The monoisotopic (exact) mass is 688 g/mol. The molecule has 0 radical (unpaired) electrons. The van der Waals surface area contributed by atoms with E-state index in [0.29, 0.717) is 28.9 Å². The maximum absolute atomic E-state index is 12.7. The summed E-state index contributed by atoms with van der Waals surface area (Å²) in [6.07, 6.45) is 2.57. The molecule has 2 aromatic carbocycles. The van der Waals surface area contributed by atoms with Crippen molar-refractivity contribution in [3.05, 3.63) is 94.1 Å². The molecular formula is C33H36ClF3N6O3S. The number of alkyl halides is 3. The summed E-state index contributed by atoms with van der Waals surface area (Å²) in [6.45, 7) is 2.05. The van der Waals surface area contributed by atoms with Crippen LogP contribution in [0.3, 0.4) is 0 Å². The molecule has 0 aliphatic carbocycles. The number of aromatic nitrogens is 3. The number of nitrogens with one attached hydrogen (secondary N) is 3. The predicted molar refractivity (Wildman–Crippen MR) is 177 cm³/mol. The van der Waals surface area contributed by atoms with Crippen LogP contribution >= 0.6 is 23.7 Å². The average Bonchev–Trinajstić information content (AvgIpc) is 3.46. The van der Waals surface area contributed by atoms with E-state index < -0.39 is 12.3 Å². The number of amides is 2. The minimum Gasteiger partial charge on any atom is -0.406 e. The quantitative estimate of drug-likeness (QED) is 0.135. The van der Waals surface area contributed by atoms with E-state index in [0.717, 1.165) is 67.7 Å². The number of rotatable bonds is 13. The van der Waals surface area contributed by atoms with Crippen molar-refractivity contribution in [1.29, 1.82) is 0 Å². The first-order chi connectivity index (χ1) is 22.2. The summed E-state index contributed by atoms with van der Waals surface area (Å²) in [5.74, 6) is 0.00435. The molecule has 0 saturated carbocycles. The Bertz CT molecular complexity index is 1610. The van der Waals surface area contributed by atoms with Crippen LogP contribution in [0, 0.1) is 0 Å². The highest BCUT2D eigenvalue weighted by molar-refractivity contribution is 7.15. The number of anilines is 2. The lowest BCUT2D eigenvalue weighted by atomic mass is 9.89. The van der Waals surface area contributed by atoms with Gasteiger partial charge in [-0.25, -0.2) is 4.98 Å². The molecule has 0 unspecified atom stereocenters. The van der Waals surface area contributed by atoms with E-state index in [-0.39, 0.29) is 30.5 Å². The third-order valence-electron chi connectivity index (χ3n) is 7.53. The lowest BCUT2D eigenvalue weighted by Gasteiger charge is -2.23. The predicted octanol–water partition coefficient (Wildman–Crippen LogP) is 6.65. The molecule has 3 heterocycles. The maximum atomic E-state index is 12.7. The second-order valence-corrected chi connectivity index (χ2v) is 12.2. The van der Waals surface area contributed by atoms with Gasteiger partial charge in [-0.1, -0.05) is 53.8 Å². The molecule has 250 valence electrons. The molecule has 14 heteroatoms. The maximum Gasteiger partial charge on any atom is 0.573 e. The van der Waals surface area contributed by atoms with Gasteiger partial charge in [-0.3, -0.25) is 9.59 Å². The SMILES string of the molecule is Cl.O=C(Cc1cccc(OC(F)(F)F)c1)Nc1ccc(CCCCc2nnc(NC(=O)Cc3cccc(C4CCNCC4)c3)s2)cn1. The molecule has 2 aromatic heterocycles. The second kappa shape index (κ2) is 17.2. The topological polar surface area (TPSA) is 118 Å². The van der Waals surface area contributed by atoms with Crippen molar-refractivity contribution >= 4 is 46.5 Å². The fourth-order valence-electron chi connectivity index (χ4n) is 5.34. The number of ether oxygens (including phenoxy) is 1. The molecule has 2 amide bonds. The van der Waals surface area contributed by atoms with Crippen molar-refractivity contribution in [3.63, 3.8) is 0 Å². The number of hydrogen-bond acceptors (Lipinski definition) is 8. The van der Waals surface area contributed by atoms with Crippen molar-refractivity contribution in [2.24, 2.45) is 0 Å². The summed E-state index contributed by atoms with van der Waals surface area (Å²) in [5.41, 5.74) is 3.68. The Morgan fingerprint density at radius 1 is 0.872 bits per heavy atom. The van der Waals surface area contributed by atoms with Crippen LogP contribution in [-0.4, -0.2) is 46.4 Å². The Morgan fingerprint density at radius 2 is 1.57 bits per heavy atom. The van der Waals surface area contributed by atoms with Gasteiger partial charge in [-0.05, 0) is 91.6 Å². The number of aryl methyl sites for hydroxylation is 2. The number of nitrogens with zero attached hydrogens (tertiary/aromatic N) is 3. The Kier molecular flexibility index (Phi) is 13.1. The van der Waals surface area contributed by atoms with Gasteiger partial charge in [0.2, 0.25) is 16.9 Å². The fourth-order valence-corrected chi connectivity index (χ4v) is 6.14. The highest BCUT2D eigenvalue weighted by Gasteiger charge is 2.31. The van der Waals surface area contributed by atoms with Crippen molar-refractivity contribution < 1.29 is 27.5 Å². The highest BCUT2D eigenvalue weighted by atomic mass is 35.5. The number of benzene rings is 2. The van der Waals surface area contributed by atoms with E-state index in [4.69, 9.17) is 0 Å². The van der Waals surface area contributed by atoms with Gasteiger partial charge in [-0.2, -0.15) is 0 Å². The summed E-state index contributed by atoms with van der Waals surface area (Å²) in [4.78, 5) is 29.3. The Labute approximate surface area is 281 Å². The Morgan fingerprint density at radius 3 is 2.30 bits per heavy atom. The molecule has 1 aliphatic heterocycles. The first kappa shape index (κ1) is 35.8. The molecule has 5 rings (SSSR count). The molecule has 47 heavy (non-hydrogen) atoms. The lowest BCUT2D eigenvalue weighted by Crippen LogP contribution is -2.26. The van der Waals surface area contributed by atoms with Gasteiger partial charge in [0.15, 0.2) is 0 Å². The van der Waals surface area contributed by atoms with Gasteiger partial charge < -0.3 is 20.7 Å². The van der Waals surface area contributed by atoms with Crippen LogP contribution in [0.25, 0.3) is 0 Å². The number of piperidine rings is 1. The van der Waals surface area contributed by atoms with Gasteiger partial charge in [0.1, 0.15) is 16.6 Å². The van der Waals surface area contributed by atoms with E-state index in [1.54, 1.807) is 18.3 Å². The van der Waals surface area contributed by atoms with Crippen LogP contribution in [0.4, 0.5) is 24.1 Å². The normalized spacial score (nSPS) is 13.4. The minimum atomic E-state index is -4.80. The molecule has 0 spiro atoms. The first-order valence-electron chi connectivity index (χ1n) is 15.2. The van der Waals surface area contributed by atoms with Gasteiger partial charge in [0, 0.05) is 12.6 Å². The first-order valence-corrected chi connectivity index (χ1v) is 16.0. The Hall–Kier alpha value is -4.07. The van der Waals surface area contributed by atoms with Crippen molar-refractivity contribution in [3.8, 4) is 5.75 Å². The third kappa shape index (κ3) is 11.9.